The number of aromatic carboxylic acids is 2. The van der Waals surface area contributed by atoms with E-state index in [1.54, 1.807) is 6.07 Å². The van der Waals surface area contributed by atoms with Crippen LogP contribution in [-0.4, -0.2) is 208 Å². The van der Waals surface area contributed by atoms with Crippen LogP contribution in [0.4, 0.5) is 0 Å². The molecule has 0 unspecified atom stereocenters. The summed E-state index contributed by atoms with van der Waals surface area (Å²) < 4.78 is 20.9. The van der Waals surface area contributed by atoms with Gasteiger partial charge in [-0.2, -0.15) is 0 Å². The van der Waals surface area contributed by atoms with Crippen LogP contribution in [0.3, 0.4) is 0 Å². The number of carboxylic acids is 6. The third-order valence-corrected chi connectivity index (χ3v) is 12.2. The van der Waals surface area contributed by atoms with Crippen LogP contribution in [0.5, 0.6) is 11.5 Å². The summed E-state index contributed by atoms with van der Waals surface area (Å²) in [6.07, 6.45) is 1.39. The summed E-state index contributed by atoms with van der Waals surface area (Å²) in [5.41, 5.74) is 5.10. The van der Waals surface area contributed by atoms with Crippen LogP contribution < -0.4 is 37.6 Å². The summed E-state index contributed by atoms with van der Waals surface area (Å²) in [7, 11) is 0. The molecule has 482 valence electrons. The molecule has 0 fully saturated rings. The van der Waals surface area contributed by atoms with Gasteiger partial charge in [0.2, 0.25) is 35.4 Å². The molecule has 3 aromatic carbocycles. The fourth-order valence-corrected chi connectivity index (χ4v) is 7.74. The monoisotopic (exact) mass is 1250 g/mol. The predicted octanol–water partition coefficient (Wildman–Crippen LogP) is -0.369. The van der Waals surface area contributed by atoms with Crippen molar-refractivity contribution in [1.82, 2.24) is 31.9 Å². The molecule has 0 radical (unpaired) electrons. The zero-order chi connectivity index (χ0) is 66.0. The first-order valence-corrected chi connectivity index (χ1v) is 27.1. The summed E-state index contributed by atoms with van der Waals surface area (Å²) in [6.45, 7) is -2.00. The summed E-state index contributed by atoms with van der Waals surface area (Å²) in [4.78, 5) is 161. The standard InChI is InChI=1S/C57H69N7O25/c58-45(67)30-88-25-23-86-21-19-59-52(78)39(9-15-47(69)70)63-54(80)41(11-17-49(73)74)61-46(68)31-89-26-24-87-22-20-60-53(79)40(10-16-48(71)72)64-55(81)42(12-18-50(75)76)62-51(77)36-27-32(1-2-33-5-13-43(65)37(28-33)56(82)83)3-7-35(36)8-4-34-6-14-44(66)38(29-34)57(84)85/h1-8,13-14,27-29,39-42,65-66H,9-12,15-26,30-31H2,(H2,58,67)(H,59,78)(H,60,79)(H,61,68)(H,62,77)(H,63,80)(H,64,81)(H,69,70)(H,71,72)(H,73,74)(H,75,76)(H,82,83)(H,84,85)/b2-1+,8-4+/t39-,40-,41-,42-/m0/s1. The van der Waals surface area contributed by atoms with Crippen LogP contribution >= 0.6 is 0 Å². The Morgan fingerprint density at radius 3 is 1.18 bits per heavy atom. The molecular weight excluding hydrogens is 1180 g/mol. The normalized spacial score (nSPS) is 12.4. The second-order valence-electron chi connectivity index (χ2n) is 19.1. The van der Waals surface area contributed by atoms with Gasteiger partial charge < -0.3 is 97.4 Å². The molecule has 0 spiro atoms. The number of aliphatic carboxylic acids is 4. The molecule has 0 aromatic heterocycles. The van der Waals surface area contributed by atoms with Gasteiger partial charge >= 0.3 is 35.8 Å². The number of phenols is 2. The maximum Gasteiger partial charge on any atom is 0.339 e. The number of amides is 7. The Bertz CT molecular complexity index is 3090. The first-order valence-electron chi connectivity index (χ1n) is 27.1. The van der Waals surface area contributed by atoms with Crippen LogP contribution in [0.15, 0.2) is 54.6 Å². The molecule has 0 saturated carbocycles. The molecule has 0 bridgehead atoms. The van der Waals surface area contributed by atoms with Gasteiger partial charge in [0.15, 0.2) is 0 Å². The van der Waals surface area contributed by atoms with Crippen molar-refractivity contribution >= 4 is 101 Å². The molecular formula is C57H69N7O25. The van der Waals surface area contributed by atoms with E-state index >= 15 is 0 Å². The lowest BCUT2D eigenvalue weighted by Crippen LogP contribution is -2.54. The minimum absolute atomic E-state index is 0.0234. The van der Waals surface area contributed by atoms with Crippen molar-refractivity contribution in [3.05, 3.63) is 93.5 Å². The Labute approximate surface area is 506 Å². The van der Waals surface area contributed by atoms with Crippen molar-refractivity contribution in [3.63, 3.8) is 0 Å². The van der Waals surface area contributed by atoms with E-state index in [-0.39, 0.29) is 82.4 Å². The van der Waals surface area contributed by atoms with Gasteiger partial charge in [-0.15, -0.1) is 0 Å². The highest BCUT2D eigenvalue weighted by Crippen LogP contribution is 2.24. The number of nitrogens with one attached hydrogen (secondary N) is 6. The molecule has 0 saturated heterocycles. The Hall–Kier alpha value is -10.3. The van der Waals surface area contributed by atoms with Crippen LogP contribution in [0.1, 0.15) is 105 Å². The quantitative estimate of drug-likeness (QED) is 0.0254. The first-order chi connectivity index (χ1) is 42.2. The van der Waals surface area contributed by atoms with E-state index < -0.39 is 176 Å². The number of nitrogens with two attached hydrogens (primary N) is 1. The highest BCUT2D eigenvalue weighted by Gasteiger charge is 2.30. The van der Waals surface area contributed by atoms with Crippen molar-refractivity contribution < 1.29 is 122 Å². The molecule has 32 nitrogen and oxygen atoms in total. The van der Waals surface area contributed by atoms with E-state index in [0.717, 1.165) is 18.2 Å². The second-order valence-corrected chi connectivity index (χ2v) is 19.1. The lowest BCUT2D eigenvalue weighted by molar-refractivity contribution is -0.140. The average Bonchev–Trinajstić information content (AvgIpc) is 3.40. The molecule has 0 aliphatic rings. The van der Waals surface area contributed by atoms with Crippen LogP contribution in [-0.2, 0) is 66.9 Å². The van der Waals surface area contributed by atoms with Crippen molar-refractivity contribution in [1.29, 1.82) is 0 Å². The molecule has 0 aliphatic carbocycles. The number of carbonyl (C=O) groups is 13. The zero-order valence-electron chi connectivity index (χ0n) is 47.6. The molecule has 0 heterocycles. The SMILES string of the molecule is NC(=O)COCCOCCNC(=O)[C@H](CCC(=O)O)NC(=O)[C@H](CCC(=O)O)NC(=O)COCCOCCNC(=O)[C@H](CCC(=O)O)NC(=O)[C@H](CCC(=O)O)NC(=O)c1cc(/C=C/c2ccc(O)c(C(=O)O)c2)ccc1/C=C/c1ccc(O)c(C(=O)O)c1. The maximum absolute atomic E-state index is 14.2. The molecule has 4 atom stereocenters. The van der Waals surface area contributed by atoms with Gasteiger partial charge in [-0.1, -0.05) is 48.6 Å². The number of benzene rings is 3. The summed E-state index contributed by atoms with van der Waals surface area (Å²) in [5, 5.41) is 90.8. The highest BCUT2D eigenvalue weighted by molar-refractivity contribution is 6.03. The molecule has 16 N–H and O–H groups in total. The molecule has 3 rings (SSSR count). The largest absolute Gasteiger partial charge is 0.507 e. The summed E-state index contributed by atoms with van der Waals surface area (Å²) in [5.74, 6) is -15.6. The Morgan fingerprint density at radius 2 is 0.775 bits per heavy atom. The number of ether oxygens (including phenoxy) is 4. The topological polar surface area (TPSA) is 519 Å². The lowest BCUT2D eigenvalue weighted by Gasteiger charge is -2.23. The highest BCUT2D eigenvalue weighted by atomic mass is 16.5. The average molecular weight is 1250 g/mol. The van der Waals surface area contributed by atoms with Gasteiger partial charge in [-0.05, 0) is 78.3 Å². The second kappa shape index (κ2) is 38.7. The molecule has 32 heteroatoms. The van der Waals surface area contributed by atoms with Crippen LogP contribution in [0.25, 0.3) is 24.3 Å². The van der Waals surface area contributed by atoms with E-state index in [2.05, 4.69) is 31.9 Å². The van der Waals surface area contributed by atoms with Gasteiger partial charge in [0.25, 0.3) is 5.91 Å². The van der Waals surface area contributed by atoms with Crippen LogP contribution in [0.2, 0.25) is 0 Å². The van der Waals surface area contributed by atoms with Gasteiger partial charge in [-0.25, -0.2) is 9.59 Å². The Kier molecular flexibility index (Phi) is 31.7. The van der Waals surface area contributed by atoms with Crippen molar-refractivity contribution in [2.24, 2.45) is 5.73 Å². The van der Waals surface area contributed by atoms with Crippen LogP contribution in [0, 0.1) is 0 Å². The Morgan fingerprint density at radius 1 is 0.416 bits per heavy atom. The van der Waals surface area contributed by atoms with Crippen molar-refractivity contribution in [2.45, 2.75) is 75.5 Å². The number of rotatable bonds is 43. The van der Waals surface area contributed by atoms with Crippen molar-refractivity contribution in [3.8, 4) is 11.5 Å². The van der Waals surface area contributed by atoms with E-state index in [4.69, 9.17) is 24.7 Å². The predicted molar refractivity (Wildman–Crippen MR) is 307 cm³/mol. The third-order valence-electron chi connectivity index (χ3n) is 12.2. The molecule has 7 amide bonds. The fourth-order valence-electron chi connectivity index (χ4n) is 7.74. The first kappa shape index (κ1) is 72.9. The number of carbonyl (C=O) groups excluding carboxylic acids is 7. The number of hydrogen-bond acceptors (Lipinski definition) is 19. The molecule has 0 aliphatic heterocycles. The van der Waals surface area contributed by atoms with E-state index in [0.29, 0.717) is 11.1 Å². The van der Waals surface area contributed by atoms with Crippen molar-refractivity contribution in [2.75, 3.05) is 65.9 Å². The molecule has 89 heavy (non-hydrogen) atoms. The van der Waals surface area contributed by atoms with Gasteiger partial charge in [0, 0.05) is 44.3 Å². The third kappa shape index (κ3) is 28.6. The molecule has 3 aromatic rings. The fraction of sp³-hybridized carbons (Fsp3) is 0.386. The van der Waals surface area contributed by atoms with E-state index in [9.17, 15) is 103 Å². The van der Waals surface area contributed by atoms with E-state index in [1.807, 2.05) is 0 Å². The minimum atomic E-state index is -1.68. The lowest BCUT2D eigenvalue weighted by atomic mass is 9.99. The van der Waals surface area contributed by atoms with Gasteiger partial charge in [0.05, 0.1) is 39.6 Å². The summed E-state index contributed by atoms with van der Waals surface area (Å²) >= 11 is 0. The van der Waals surface area contributed by atoms with Gasteiger partial charge in [-0.3, -0.25) is 52.7 Å². The number of primary amides is 1. The number of aromatic hydroxyl groups is 2. The maximum atomic E-state index is 14.2. The Balaban J connectivity index is 1.66. The van der Waals surface area contributed by atoms with Gasteiger partial charge in [0.1, 0.15) is 60.0 Å². The zero-order valence-corrected chi connectivity index (χ0v) is 47.6. The number of carboxylic acid groups (broad SMARTS) is 6. The summed E-state index contributed by atoms with van der Waals surface area (Å²) in [6, 6.07) is 5.59. The minimum Gasteiger partial charge on any atom is -0.507 e. The number of hydrogen-bond donors (Lipinski definition) is 15. The van der Waals surface area contributed by atoms with E-state index in [1.165, 1.54) is 54.6 Å². The smallest absolute Gasteiger partial charge is 0.339 e.